The Morgan fingerprint density at radius 2 is 1.57 bits per heavy atom. The minimum absolute atomic E-state index is 0.0624. The summed E-state index contributed by atoms with van der Waals surface area (Å²) < 4.78 is 0. The zero-order valence-corrected chi connectivity index (χ0v) is 15.3. The second kappa shape index (κ2) is 5.32. The highest BCUT2D eigenvalue weighted by molar-refractivity contribution is 5.94. The first-order valence-electron chi connectivity index (χ1n) is 8.79. The van der Waals surface area contributed by atoms with E-state index in [-0.39, 0.29) is 23.5 Å². The van der Waals surface area contributed by atoms with E-state index in [9.17, 15) is 9.59 Å². The maximum absolute atomic E-state index is 13.1. The van der Waals surface area contributed by atoms with Crippen LogP contribution in [-0.2, 0) is 9.59 Å². The highest BCUT2D eigenvalue weighted by Crippen LogP contribution is 2.54. The molecule has 3 heteroatoms. The highest BCUT2D eigenvalue weighted by Gasteiger charge is 2.59. The first-order valence-corrected chi connectivity index (χ1v) is 8.79. The van der Waals surface area contributed by atoms with Crippen LogP contribution in [0.25, 0.3) is 0 Å². The van der Waals surface area contributed by atoms with Gasteiger partial charge in [-0.1, -0.05) is 22.3 Å². The number of hydrogen-bond acceptors (Lipinski definition) is 2. The second-order valence-electron chi connectivity index (χ2n) is 8.17. The number of rotatable bonds is 1. The van der Waals surface area contributed by atoms with Crippen molar-refractivity contribution >= 4 is 11.7 Å². The molecule has 3 nitrogen and oxygen atoms in total. The molecule has 0 radical (unpaired) electrons. The number of allylic oxidation sites excluding steroid dienone is 3. The minimum atomic E-state index is -0.618. The number of carbonyl (C=O) groups is 2. The fourth-order valence-corrected chi connectivity index (χ4v) is 5.32. The van der Waals surface area contributed by atoms with Crippen LogP contribution in [0.5, 0.6) is 0 Å². The monoisotopic (exact) mass is 315 g/mol. The van der Waals surface area contributed by atoms with Gasteiger partial charge in [0, 0.05) is 13.0 Å². The lowest BCUT2D eigenvalue weighted by molar-refractivity contribution is -0.165. The number of fused-ring (bicyclic) bond motifs is 3. The minimum Gasteiger partial charge on any atom is -0.332 e. The smallest absolute Gasteiger partial charge is 0.226 e. The van der Waals surface area contributed by atoms with Crippen LogP contribution < -0.4 is 0 Å². The number of likely N-dealkylation sites (tertiary alicyclic amines) is 1. The summed E-state index contributed by atoms with van der Waals surface area (Å²) in [7, 11) is 1.86. The molecule has 4 atom stereocenters. The first kappa shape index (κ1) is 16.5. The van der Waals surface area contributed by atoms with Crippen LogP contribution in [0.3, 0.4) is 0 Å². The Hall–Kier alpha value is -1.38. The zero-order chi connectivity index (χ0) is 17.1. The van der Waals surface area contributed by atoms with Crippen LogP contribution in [0.4, 0.5) is 0 Å². The first-order chi connectivity index (χ1) is 10.7. The van der Waals surface area contributed by atoms with E-state index in [1.807, 2.05) is 11.9 Å². The van der Waals surface area contributed by atoms with Gasteiger partial charge in [0.25, 0.3) is 0 Å². The number of amides is 1. The van der Waals surface area contributed by atoms with E-state index in [1.165, 1.54) is 22.3 Å². The number of piperidine rings is 1. The molecule has 0 spiro atoms. The van der Waals surface area contributed by atoms with E-state index in [0.717, 1.165) is 19.3 Å². The van der Waals surface area contributed by atoms with Gasteiger partial charge in [0.15, 0.2) is 5.78 Å². The second-order valence-corrected chi connectivity index (χ2v) is 8.17. The van der Waals surface area contributed by atoms with Crippen molar-refractivity contribution in [1.29, 1.82) is 0 Å². The van der Waals surface area contributed by atoms with Crippen LogP contribution in [0.2, 0.25) is 0 Å². The SMILES string of the molecule is CC(=O)[C@]12CC(C)=C(C)C[C@H]1[C@@H]1CC(C)=C(C)C[C@@H]1C(=O)N2C. The predicted molar refractivity (Wildman–Crippen MR) is 91.9 cm³/mol. The predicted octanol–water partition coefficient (Wildman–Crippen LogP) is 3.90. The molecule has 23 heavy (non-hydrogen) atoms. The van der Waals surface area contributed by atoms with Crippen LogP contribution in [0, 0.1) is 17.8 Å². The number of nitrogens with zero attached hydrogens (tertiary/aromatic N) is 1. The van der Waals surface area contributed by atoms with Gasteiger partial charge < -0.3 is 4.90 Å². The van der Waals surface area contributed by atoms with Crippen LogP contribution in [0.1, 0.15) is 60.3 Å². The Balaban J connectivity index is 2.15. The van der Waals surface area contributed by atoms with Gasteiger partial charge in [-0.15, -0.1) is 0 Å². The number of ketones is 1. The van der Waals surface area contributed by atoms with E-state index in [1.54, 1.807) is 6.92 Å². The summed E-state index contributed by atoms with van der Waals surface area (Å²) in [4.78, 5) is 27.7. The zero-order valence-electron chi connectivity index (χ0n) is 15.3. The van der Waals surface area contributed by atoms with Crippen molar-refractivity contribution in [2.75, 3.05) is 7.05 Å². The Morgan fingerprint density at radius 3 is 2.17 bits per heavy atom. The molecule has 0 bridgehead atoms. The molecular formula is C20H29NO2. The molecule has 1 saturated heterocycles. The standard InChI is InChI=1S/C20H29NO2/c1-11-7-16-17(8-12(11)2)19(23)21(6)20(15(5)22)10-14(4)13(3)9-18(16)20/h16-18H,7-10H2,1-6H3/t16-,17+,18+,20-/m1/s1. The molecule has 0 aromatic heterocycles. The Morgan fingerprint density at radius 1 is 1.00 bits per heavy atom. The Bertz CT molecular complexity index is 642. The van der Waals surface area contributed by atoms with Gasteiger partial charge in [-0.25, -0.2) is 0 Å². The highest BCUT2D eigenvalue weighted by atomic mass is 16.2. The number of carbonyl (C=O) groups excluding carboxylic acids is 2. The molecule has 1 fully saturated rings. The fraction of sp³-hybridized carbons (Fsp3) is 0.700. The molecule has 3 aliphatic rings. The molecule has 0 aromatic carbocycles. The Kier molecular flexibility index (Phi) is 3.81. The average Bonchev–Trinajstić information content (AvgIpc) is 2.49. The van der Waals surface area contributed by atoms with E-state index < -0.39 is 5.54 Å². The molecule has 0 saturated carbocycles. The molecule has 126 valence electrons. The number of hydrogen-bond donors (Lipinski definition) is 0. The van der Waals surface area contributed by atoms with E-state index in [4.69, 9.17) is 0 Å². The van der Waals surface area contributed by atoms with Gasteiger partial charge in [0.05, 0.1) is 0 Å². The van der Waals surface area contributed by atoms with Gasteiger partial charge in [-0.3, -0.25) is 9.59 Å². The molecule has 1 amide bonds. The lowest BCUT2D eigenvalue weighted by Gasteiger charge is -2.58. The molecule has 1 heterocycles. The lowest BCUT2D eigenvalue weighted by Crippen LogP contribution is -2.68. The average molecular weight is 315 g/mol. The lowest BCUT2D eigenvalue weighted by atomic mass is 9.55. The Labute approximate surface area is 139 Å². The fourth-order valence-electron chi connectivity index (χ4n) is 5.32. The summed E-state index contributed by atoms with van der Waals surface area (Å²) in [6, 6.07) is 0. The molecule has 0 aromatic rings. The molecular weight excluding hydrogens is 286 g/mol. The van der Waals surface area contributed by atoms with Gasteiger partial charge in [-0.05, 0) is 72.1 Å². The van der Waals surface area contributed by atoms with Crippen molar-refractivity contribution in [2.45, 2.75) is 65.8 Å². The largest absolute Gasteiger partial charge is 0.332 e. The third-order valence-corrected chi connectivity index (χ3v) is 7.09. The van der Waals surface area contributed by atoms with Crippen LogP contribution >= 0.6 is 0 Å². The van der Waals surface area contributed by atoms with Crippen LogP contribution in [-0.4, -0.2) is 29.2 Å². The van der Waals surface area contributed by atoms with E-state index in [0.29, 0.717) is 12.3 Å². The third kappa shape index (κ3) is 2.15. The topological polar surface area (TPSA) is 37.4 Å². The van der Waals surface area contributed by atoms with E-state index in [2.05, 4.69) is 27.7 Å². The molecule has 1 aliphatic heterocycles. The number of likely N-dealkylation sites (N-methyl/N-ethyl adjacent to an activating group) is 1. The number of Topliss-reactive ketones (excluding diaryl/α,β-unsaturated/α-hetero) is 1. The summed E-state index contributed by atoms with van der Waals surface area (Å²) >= 11 is 0. The normalized spacial score (nSPS) is 37.7. The summed E-state index contributed by atoms with van der Waals surface area (Å²) in [5.74, 6) is 0.981. The van der Waals surface area contributed by atoms with E-state index >= 15 is 0 Å². The summed E-state index contributed by atoms with van der Waals surface area (Å²) in [6.07, 6.45) is 3.51. The summed E-state index contributed by atoms with van der Waals surface area (Å²) in [5.41, 5.74) is 4.87. The van der Waals surface area contributed by atoms with Crippen molar-refractivity contribution in [1.82, 2.24) is 4.90 Å². The summed E-state index contributed by atoms with van der Waals surface area (Å²) in [6.45, 7) is 10.3. The van der Waals surface area contributed by atoms with Crippen molar-refractivity contribution < 1.29 is 9.59 Å². The third-order valence-electron chi connectivity index (χ3n) is 7.09. The van der Waals surface area contributed by atoms with Gasteiger partial charge in [-0.2, -0.15) is 0 Å². The van der Waals surface area contributed by atoms with Gasteiger partial charge in [0.2, 0.25) is 5.91 Å². The van der Waals surface area contributed by atoms with Crippen molar-refractivity contribution in [3.05, 3.63) is 22.3 Å². The van der Waals surface area contributed by atoms with Gasteiger partial charge >= 0.3 is 0 Å². The maximum Gasteiger partial charge on any atom is 0.226 e. The van der Waals surface area contributed by atoms with Crippen molar-refractivity contribution in [2.24, 2.45) is 17.8 Å². The molecule has 3 rings (SSSR count). The molecule has 2 aliphatic carbocycles. The molecule has 0 unspecified atom stereocenters. The quantitative estimate of drug-likeness (QED) is 0.688. The van der Waals surface area contributed by atoms with Crippen LogP contribution in [0.15, 0.2) is 22.3 Å². The van der Waals surface area contributed by atoms with Crippen molar-refractivity contribution in [3.63, 3.8) is 0 Å². The summed E-state index contributed by atoms with van der Waals surface area (Å²) in [5, 5.41) is 0. The van der Waals surface area contributed by atoms with Crippen molar-refractivity contribution in [3.8, 4) is 0 Å². The molecule has 0 N–H and O–H groups in total. The van der Waals surface area contributed by atoms with Gasteiger partial charge in [0.1, 0.15) is 5.54 Å². The maximum atomic E-state index is 13.1.